The zero-order chi connectivity index (χ0) is 25.0. The number of piperidine rings is 1. The quantitative estimate of drug-likeness (QED) is 0.603. The van der Waals surface area contributed by atoms with Gasteiger partial charge in [-0.1, -0.05) is 6.07 Å². The topological polar surface area (TPSA) is 93.8 Å². The van der Waals surface area contributed by atoms with Crippen LogP contribution < -0.4 is 0 Å². The minimum Gasteiger partial charge on any atom is -0.461 e. The molecule has 2 saturated heterocycles. The molecule has 3 aliphatic rings. The van der Waals surface area contributed by atoms with Crippen LogP contribution in [0, 0.1) is 23.2 Å². The average molecular weight is 480 g/mol. The fourth-order valence-corrected chi connectivity index (χ4v) is 5.90. The van der Waals surface area contributed by atoms with Crippen LogP contribution in [-0.4, -0.2) is 60.0 Å². The van der Waals surface area contributed by atoms with E-state index in [9.17, 15) is 14.9 Å². The minimum absolute atomic E-state index is 0.0704. The van der Waals surface area contributed by atoms with Crippen molar-refractivity contribution in [3.8, 4) is 6.07 Å². The lowest BCUT2D eigenvalue weighted by atomic mass is 9.91. The lowest BCUT2D eigenvalue weighted by Gasteiger charge is -2.28. The van der Waals surface area contributed by atoms with Gasteiger partial charge in [0.2, 0.25) is 0 Å². The molecular weight excluding hydrogens is 446 g/mol. The highest BCUT2D eigenvalue weighted by atomic mass is 16.6. The number of ether oxygens (including phenoxy) is 3. The Kier molecular flexibility index (Phi) is 5.79. The number of carbonyl (C=O) groups excluding carboxylic acids is 2. The van der Waals surface area contributed by atoms with E-state index in [-0.39, 0.29) is 24.5 Å². The zero-order valence-electron chi connectivity index (χ0n) is 20.9. The van der Waals surface area contributed by atoms with Crippen molar-refractivity contribution in [2.45, 2.75) is 57.6 Å². The molecule has 2 atom stereocenters. The SMILES string of the molecule is CCOC(=O)c1cc2cc(C3CCOCC3)ccc2n1C1(C#N)C2CN(C(=O)OC(C)(C)C)CC21. The number of likely N-dealkylation sites (tertiary alicyclic amines) is 1. The normalized spacial score (nSPS) is 26.3. The molecule has 0 spiro atoms. The van der Waals surface area contributed by atoms with Gasteiger partial charge in [0.25, 0.3) is 0 Å². The molecular formula is C27H33N3O5. The first-order chi connectivity index (χ1) is 16.7. The van der Waals surface area contributed by atoms with Crippen LogP contribution in [0.4, 0.5) is 4.79 Å². The van der Waals surface area contributed by atoms with Crippen molar-refractivity contribution >= 4 is 23.0 Å². The Balaban J connectivity index is 1.50. The third-order valence-corrected chi connectivity index (χ3v) is 7.55. The van der Waals surface area contributed by atoms with E-state index in [4.69, 9.17) is 14.2 Å². The van der Waals surface area contributed by atoms with Crippen molar-refractivity contribution in [2.24, 2.45) is 11.8 Å². The summed E-state index contributed by atoms with van der Waals surface area (Å²) >= 11 is 0. The van der Waals surface area contributed by atoms with E-state index >= 15 is 0 Å². The number of aromatic nitrogens is 1. The number of fused-ring (bicyclic) bond motifs is 2. The van der Waals surface area contributed by atoms with Crippen molar-refractivity contribution in [2.75, 3.05) is 32.9 Å². The molecule has 3 fully saturated rings. The molecule has 0 N–H and O–H groups in total. The Morgan fingerprint density at radius 1 is 1.17 bits per heavy atom. The van der Waals surface area contributed by atoms with Crippen LogP contribution >= 0.6 is 0 Å². The van der Waals surface area contributed by atoms with Gasteiger partial charge in [-0.2, -0.15) is 5.26 Å². The van der Waals surface area contributed by atoms with E-state index in [0.717, 1.165) is 37.0 Å². The summed E-state index contributed by atoms with van der Waals surface area (Å²) in [4.78, 5) is 27.3. The molecule has 35 heavy (non-hydrogen) atoms. The molecule has 0 bridgehead atoms. The van der Waals surface area contributed by atoms with Gasteiger partial charge < -0.3 is 23.7 Å². The number of carbonyl (C=O) groups is 2. The number of nitriles is 1. The van der Waals surface area contributed by atoms with Crippen LogP contribution in [0.25, 0.3) is 10.9 Å². The molecule has 3 heterocycles. The molecule has 2 aromatic rings. The third-order valence-electron chi connectivity index (χ3n) is 7.55. The van der Waals surface area contributed by atoms with E-state index in [0.29, 0.717) is 24.7 Å². The number of rotatable bonds is 4. The Hall–Kier alpha value is -3.05. The summed E-state index contributed by atoms with van der Waals surface area (Å²) in [7, 11) is 0. The van der Waals surface area contributed by atoms with Crippen LogP contribution in [-0.2, 0) is 19.7 Å². The molecule has 0 radical (unpaired) electrons. The van der Waals surface area contributed by atoms with Crippen molar-refractivity contribution < 1.29 is 23.8 Å². The first kappa shape index (κ1) is 23.7. The lowest BCUT2D eigenvalue weighted by Crippen LogP contribution is -2.40. The molecule has 1 aromatic heterocycles. The Morgan fingerprint density at radius 3 is 2.46 bits per heavy atom. The van der Waals surface area contributed by atoms with Gasteiger partial charge in [0, 0.05) is 43.5 Å². The zero-order valence-corrected chi connectivity index (χ0v) is 20.9. The lowest BCUT2D eigenvalue weighted by molar-refractivity contribution is 0.0257. The van der Waals surface area contributed by atoms with Crippen molar-refractivity contribution in [1.29, 1.82) is 5.26 Å². The minimum atomic E-state index is -0.886. The van der Waals surface area contributed by atoms with Gasteiger partial charge in [-0.25, -0.2) is 9.59 Å². The molecule has 2 aliphatic heterocycles. The largest absolute Gasteiger partial charge is 0.461 e. The number of esters is 1. The maximum atomic E-state index is 13.0. The van der Waals surface area contributed by atoms with E-state index in [1.54, 1.807) is 11.8 Å². The maximum Gasteiger partial charge on any atom is 0.410 e. The van der Waals surface area contributed by atoms with E-state index in [2.05, 4.69) is 18.2 Å². The summed E-state index contributed by atoms with van der Waals surface area (Å²) in [6, 6.07) is 10.7. The second-order valence-corrected chi connectivity index (χ2v) is 10.8. The molecule has 5 rings (SSSR count). The van der Waals surface area contributed by atoms with Gasteiger partial charge >= 0.3 is 12.1 Å². The van der Waals surface area contributed by atoms with Gasteiger partial charge in [-0.05, 0) is 70.2 Å². The standard InChI is InChI=1S/C27H33N3O5/c1-5-34-24(31)23-13-19-12-18(17-8-10-33-11-9-17)6-7-22(19)30(23)27(16-28)20-14-29(15-21(20)27)25(32)35-26(2,3)4/h6-7,12-13,17,20-21H,5,8-11,14-15H2,1-4H3. The summed E-state index contributed by atoms with van der Waals surface area (Å²) in [5.41, 5.74) is 1.01. The summed E-state index contributed by atoms with van der Waals surface area (Å²) in [5.74, 6) is -0.145. The highest BCUT2D eigenvalue weighted by molar-refractivity contribution is 5.96. The molecule has 1 aromatic carbocycles. The molecule has 2 unspecified atom stereocenters. The average Bonchev–Trinajstić information content (AvgIpc) is 3.15. The molecule has 1 aliphatic carbocycles. The van der Waals surface area contributed by atoms with Crippen molar-refractivity contribution in [3.63, 3.8) is 0 Å². The van der Waals surface area contributed by atoms with Crippen molar-refractivity contribution in [1.82, 2.24) is 9.47 Å². The first-order valence-electron chi connectivity index (χ1n) is 12.5. The first-order valence-corrected chi connectivity index (χ1v) is 12.5. The summed E-state index contributed by atoms with van der Waals surface area (Å²) in [5, 5.41) is 11.4. The molecule has 8 nitrogen and oxygen atoms in total. The smallest absolute Gasteiger partial charge is 0.410 e. The van der Waals surface area contributed by atoms with Gasteiger partial charge in [-0.15, -0.1) is 0 Å². The van der Waals surface area contributed by atoms with E-state index in [1.165, 1.54) is 5.56 Å². The number of nitrogens with zero attached hydrogens (tertiary/aromatic N) is 3. The molecule has 1 saturated carbocycles. The maximum absolute atomic E-state index is 13.0. The Bertz CT molecular complexity index is 1190. The highest BCUT2D eigenvalue weighted by Gasteiger charge is 2.72. The molecule has 1 amide bonds. The van der Waals surface area contributed by atoms with Gasteiger partial charge in [-0.3, -0.25) is 0 Å². The highest BCUT2D eigenvalue weighted by Crippen LogP contribution is 2.62. The second kappa shape index (κ2) is 8.56. The number of benzene rings is 1. The van der Waals surface area contributed by atoms with Crippen LogP contribution in [0.2, 0.25) is 0 Å². The Morgan fingerprint density at radius 2 is 1.86 bits per heavy atom. The van der Waals surface area contributed by atoms with Crippen molar-refractivity contribution in [3.05, 3.63) is 35.5 Å². The molecule has 186 valence electrons. The van der Waals surface area contributed by atoms with Crippen LogP contribution in [0.3, 0.4) is 0 Å². The van der Waals surface area contributed by atoms with Gasteiger partial charge in [0.1, 0.15) is 16.8 Å². The van der Waals surface area contributed by atoms with E-state index < -0.39 is 17.1 Å². The number of amides is 1. The number of hydrogen-bond acceptors (Lipinski definition) is 6. The van der Waals surface area contributed by atoms with Gasteiger partial charge in [0.05, 0.1) is 18.2 Å². The predicted octanol–water partition coefficient (Wildman–Crippen LogP) is 4.43. The summed E-state index contributed by atoms with van der Waals surface area (Å²) in [6.07, 6.45) is 1.59. The second-order valence-electron chi connectivity index (χ2n) is 10.8. The fourth-order valence-electron chi connectivity index (χ4n) is 5.90. The fraction of sp³-hybridized carbons (Fsp3) is 0.593. The van der Waals surface area contributed by atoms with Crippen LogP contribution in [0.1, 0.15) is 62.5 Å². The predicted molar refractivity (Wildman–Crippen MR) is 129 cm³/mol. The van der Waals surface area contributed by atoms with Gasteiger partial charge in [0.15, 0.2) is 0 Å². The summed E-state index contributed by atoms with van der Waals surface area (Å²) < 4.78 is 18.3. The summed E-state index contributed by atoms with van der Waals surface area (Å²) in [6.45, 7) is 9.92. The van der Waals surface area contributed by atoms with Crippen LogP contribution in [0.5, 0.6) is 0 Å². The third kappa shape index (κ3) is 3.96. The van der Waals surface area contributed by atoms with E-state index in [1.807, 2.05) is 37.5 Å². The monoisotopic (exact) mass is 479 g/mol. The molecule has 8 heteroatoms. The number of hydrogen-bond donors (Lipinski definition) is 0. The van der Waals surface area contributed by atoms with Crippen LogP contribution in [0.15, 0.2) is 24.3 Å². The Labute approximate surface area is 205 Å².